The fourth-order valence-corrected chi connectivity index (χ4v) is 4.92. The van der Waals surface area contributed by atoms with E-state index in [1.807, 2.05) is 42.0 Å². The minimum Gasteiger partial charge on any atom is -0.483 e. The molecule has 1 saturated heterocycles. The highest BCUT2D eigenvalue weighted by molar-refractivity contribution is 7.91. The zero-order chi connectivity index (χ0) is 20.3. The summed E-state index contributed by atoms with van der Waals surface area (Å²) in [6, 6.07) is 7.83. The molecular formula is C19H21N3O5S. The predicted octanol–water partition coefficient (Wildman–Crippen LogP) is 2.15. The Morgan fingerprint density at radius 1 is 1.25 bits per heavy atom. The Kier molecular flexibility index (Phi) is 5.64. The van der Waals surface area contributed by atoms with Crippen LogP contribution in [0.25, 0.3) is 22.3 Å². The summed E-state index contributed by atoms with van der Waals surface area (Å²) >= 11 is 0. The second-order valence-electron chi connectivity index (χ2n) is 6.75. The molecule has 2 aromatic heterocycles. The van der Waals surface area contributed by atoms with Gasteiger partial charge in [0.15, 0.2) is 0 Å². The van der Waals surface area contributed by atoms with Gasteiger partial charge < -0.3 is 14.7 Å². The summed E-state index contributed by atoms with van der Waals surface area (Å²) < 4.78 is 25.3. The maximum Gasteiger partial charge on any atom is 0.290 e. The zero-order valence-electron chi connectivity index (χ0n) is 15.3. The van der Waals surface area contributed by atoms with E-state index in [1.165, 1.54) is 0 Å². The molecule has 0 atom stereocenters. The van der Waals surface area contributed by atoms with Gasteiger partial charge in [0.2, 0.25) is 0 Å². The quantitative estimate of drug-likeness (QED) is 0.632. The van der Waals surface area contributed by atoms with Crippen molar-refractivity contribution in [2.45, 2.75) is 25.8 Å². The fourth-order valence-electron chi connectivity index (χ4n) is 3.45. The molecule has 3 heterocycles. The topological polar surface area (TPSA) is 122 Å². The molecule has 0 saturated carbocycles. The number of aromatic amines is 1. The van der Waals surface area contributed by atoms with E-state index >= 15 is 0 Å². The van der Waals surface area contributed by atoms with Crippen molar-refractivity contribution in [2.75, 3.05) is 11.5 Å². The van der Waals surface area contributed by atoms with Crippen molar-refractivity contribution >= 4 is 27.2 Å². The molecule has 8 nitrogen and oxygen atoms in total. The third-order valence-corrected chi connectivity index (χ3v) is 6.54. The van der Waals surface area contributed by atoms with Crippen LogP contribution in [0.1, 0.15) is 24.4 Å². The van der Waals surface area contributed by atoms with Crippen molar-refractivity contribution in [1.82, 2.24) is 14.5 Å². The molecule has 28 heavy (non-hydrogen) atoms. The molecule has 0 radical (unpaired) electrons. The lowest BCUT2D eigenvalue weighted by Gasteiger charge is -2.24. The van der Waals surface area contributed by atoms with Crippen molar-refractivity contribution in [3.05, 3.63) is 52.6 Å². The Labute approximate surface area is 161 Å². The molecule has 0 unspecified atom stereocenters. The van der Waals surface area contributed by atoms with Crippen molar-refractivity contribution in [2.24, 2.45) is 0 Å². The maximum atomic E-state index is 12.6. The molecule has 9 heteroatoms. The van der Waals surface area contributed by atoms with Crippen LogP contribution in [0, 0.1) is 6.92 Å². The minimum atomic E-state index is -2.93. The lowest BCUT2D eigenvalue weighted by Crippen LogP contribution is -2.26. The maximum absolute atomic E-state index is 12.6. The number of hydrogen-bond donors (Lipinski definition) is 2. The number of nitrogens with zero attached hydrogens (tertiary/aromatic N) is 2. The molecule has 2 N–H and O–H groups in total. The van der Waals surface area contributed by atoms with Crippen LogP contribution in [0.3, 0.4) is 0 Å². The standard InChI is InChI=1S/C18H19N3O3S.CH2O2/c1-12-2-3-13-11-15(18(22)20-16(13)10-12)17-19-6-7-21(17)14-4-8-25(23,24)9-5-14;2-1-3/h2-3,6-7,10-11,14H,4-5,8-9H2,1H3,(H,20,22);1H,(H,2,3). The first kappa shape index (κ1) is 19.8. The van der Waals surface area contributed by atoms with Crippen LogP contribution in [0.2, 0.25) is 0 Å². The highest BCUT2D eigenvalue weighted by Gasteiger charge is 2.26. The molecule has 0 aliphatic carbocycles. The summed E-state index contributed by atoms with van der Waals surface area (Å²) in [6.07, 6.45) is 4.60. The SMILES string of the molecule is Cc1ccc2cc(-c3nccn3C3CCS(=O)(=O)CC3)c(=O)[nH]c2c1.O=CO. The zero-order valence-corrected chi connectivity index (χ0v) is 16.1. The first-order chi connectivity index (χ1) is 13.3. The van der Waals surface area contributed by atoms with Gasteiger partial charge in [-0.1, -0.05) is 12.1 Å². The molecule has 4 rings (SSSR count). The van der Waals surface area contributed by atoms with Gasteiger partial charge in [-0.05, 0) is 42.8 Å². The first-order valence-electron chi connectivity index (χ1n) is 8.80. The van der Waals surface area contributed by atoms with Crippen molar-refractivity contribution in [1.29, 1.82) is 0 Å². The fraction of sp³-hybridized carbons (Fsp3) is 0.316. The first-order valence-corrected chi connectivity index (χ1v) is 10.6. The van der Waals surface area contributed by atoms with Crippen molar-refractivity contribution in [3.63, 3.8) is 0 Å². The van der Waals surface area contributed by atoms with E-state index in [2.05, 4.69) is 9.97 Å². The van der Waals surface area contributed by atoms with Crippen LogP contribution < -0.4 is 5.56 Å². The van der Waals surface area contributed by atoms with Crippen LogP contribution >= 0.6 is 0 Å². The van der Waals surface area contributed by atoms with Crippen LogP contribution in [0.4, 0.5) is 0 Å². The van der Waals surface area contributed by atoms with Crippen LogP contribution in [0.15, 0.2) is 41.5 Å². The van der Waals surface area contributed by atoms with E-state index in [1.54, 1.807) is 6.20 Å². The van der Waals surface area contributed by atoms with E-state index in [0.29, 0.717) is 24.2 Å². The predicted molar refractivity (Wildman–Crippen MR) is 106 cm³/mol. The lowest BCUT2D eigenvalue weighted by molar-refractivity contribution is -0.122. The van der Waals surface area contributed by atoms with Gasteiger partial charge in [-0.3, -0.25) is 9.59 Å². The number of benzene rings is 1. The van der Waals surface area contributed by atoms with Gasteiger partial charge in [0.25, 0.3) is 12.0 Å². The van der Waals surface area contributed by atoms with Gasteiger partial charge in [0.1, 0.15) is 15.7 Å². The molecule has 148 valence electrons. The Bertz CT molecular complexity index is 1150. The van der Waals surface area contributed by atoms with E-state index in [-0.39, 0.29) is 29.6 Å². The molecule has 0 bridgehead atoms. The number of fused-ring (bicyclic) bond motifs is 1. The third-order valence-electron chi connectivity index (χ3n) is 4.83. The van der Waals surface area contributed by atoms with Gasteiger partial charge in [-0.15, -0.1) is 0 Å². The highest BCUT2D eigenvalue weighted by Crippen LogP contribution is 2.28. The second kappa shape index (κ2) is 7.97. The van der Waals surface area contributed by atoms with E-state index in [0.717, 1.165) is 16.5 Å². The Morgan fingerprint density at radius 3 is 2.61 bits per heavy atom. The Morgan fingerprint density at radius 2 is 1.93 bits per heavy atom. The molecule has 1 aliphatic rings. The summed E-state index contributed by atoms with van der Waals surface area (Å²) in [5.74, 6) is 0.957. The average Bonchev–Trinajstić information content (AvgIpc) is 3.11. The lowest BCUT2D eigenvalue weighted by atomic mass is 10.1. The average molecular weight is 403 g/mol. The molecule has 1 aliphatic heterocycles. The number of pyridine rings is 1. The largest absolute Gasteiger partial charge is 0.483 e. The normalized spacial score (nSPS) is 16.3. The van der Waals surface area contributed by atoms with Gasteiger partial charge in [0.05, 0.1) is 17.1 Å². The van der Waals surface area contributed by atoms with Crippen molar-refractivity contribution < 1.29 is 18.3 Å². The molecule has 3 aromatic rings. The summed E-state index contributed by atoms with van der Waals surface area (Å²) in [4.78, 5) is 28.2. The number of rotatable bonds is 2. The Balaban J connectivity index is 0.000000706. The van der Waals surface area contributed by atoms with Gasteiger partial charge in [0, 0.05) is 24.0 Å². The molecular weight excluding hydrogens is 382 g/mol. The number of sulfone groups is 1. The summed E-state index contributed by atoms with van der Waals surface area (Å²) in [7, 11) is -2.93. The number of nitrogens with one attached hydrogen (secondary N) is 1. The smallest absolute Gasteiger partial charge is 0.290 e. The summed E-state index contributed by atoms with van der Waals surface area (Å²) in [5, 5.41) is 7.83. The van der Waals surface area contributed by atoms with Crippen LogP contribution in [0.5, 0.6) is 0 Å². The third kappa shape index (κ3) is 4.14. The number of carboxylic acid groups (broad SMARTS) is 1. The minimum absolute atomic E-state index is 0.0501. The molecule has 0 spiro atoms. The van der Waals surface area contributed by atoms with E-state index in [4.69, 9.17) is 9.90 Å². The molecule has 1 fully saturated rings. The number of aryl methyl sites for hydroxylation is 1. The Hall–Kier alpha value is -2.94. The second-order valence-corrected chi connectivity index (χ2v) is 9.05. The van der Waals surface area contributed by atoms with Crippen LogP contribution in [-0.4, -0.2) is 46.0 Å². The van der Waals surface area contributed by atoms with E-state index in [9.17, 15) is 13.2 Å². The van der Waals surface area contributed by atoms with Crippen molar-refractivity contribution in [3.8, 4) is 11.4 Å². The van der Waals surface area contributed by atoms with Crippen LogP contribution in [-0.2, 0) is 14.6 Å². The van der Waals surface area contributed by atoms with Gasteiger partial charge in [-0.25, -0.2) is 13.4 Å². The van der Waals surface area contributed by atoms with Gasteiger partial charge >= 0.3 is 0 Å². The van der Waals surface area contributed by atoms with E-state index < -0.39 is 9.84 Å². The number of carbonyl (C=O) groups is 1. The molecule has 1 aromatic carbocycles. The number of hydrogen-bond acceptors (Lipinski definition) is 5. The number of H-pyrrole nitrogens is 1. The van der Waals surface area contributed by atoms with Gasteiger partial charge in [-0.2, -0.15) is 0 Å². The number of aromatic nitrogens is 3. The summed E-state index contributed by atoms with van der Waals surface area (Å²) in [6.45, 7) is 1.73. The highest BCUT2D eigenvalue weighted by atomic mass is 32.2. The molecule has 0 amide bonds. The number of imidazole rings is 1. The monoisotopic (exact) mass is 403 g/mol. The summed E-state index contributed by atoms with van der Waals surface area (Å²) in [5.41, 5.74) is 2.21.